The van der Waals surface area contributed by atoms with Crippen molar-refractivity contribution < 1.29 is 4.74 Å². The highest BCUT2D eigenvalue weighted by molar-refractivity contribution is 6.63. The van der Waals surface area contributed by atoms with Gasteiger partial charge in [0.05, 0.1) is 0 Å². The Bertz CT molecular complexity index is 92.1. The number of hydrogen-bond acceptors (Lipinski definition) is 1. The molecule has 0 amide bonds. The third-order valence-corrected chi connectivity index (χ3v) is 2.03. The van der Waals surface area contributed by atoms with Crippen molar-refractivity contribution in [2.75, 3.05) is 13.2 Å². The molecule has 0 spiro atoms. The van der Waals surface area contributed by atoms with E-state index < -0.39 is 4.30 Å². The average molecular weight is 292 g/mol. The van der Waals surface area contributed by atoms with Crippen LogP contribution in [0.25, 0.3) is 0 Å². The Labute approximate surface area is 116 Å². The molecule has 0 atom stereocenters. The van der Waals surface area contributed by atoms with Crippen molar-refractivity contribution in [3.63, 3.8) is 0 Å². The van der Waals surface area contributed by atoms with E-state index in [-0.39, 0.29) is 0 Å². The zero-order chi connectivity index (χ0) is 12.6. The Kier molecular flexibility index (Phi) is 21.8. The zero-order valence-electron chi connectivity index (χ0n) is 10.5. The van der Waals surface area contributed by atoms with Crippen molar-refractivity contribution >= 4 is 34.8 Å². The minimum atomic E-state index is -0.750. The predicted molar refractivity (Wildman–Crippen MR) is 75.8 cm³/mol. The summed E-state index contributed by atoms with van der Waals surface area (Å²) in [5.74, 6) is 0. The largest absolute Gasteiger partial charge is 0.381 e. The molecule has 0 N–H and O–H groups in total. The summed E-state index contributed by atoms with van der Waals surface area (Å²) < 4.78 is 4.19. The molecule has 0 aliphatic carbocycles. The van der Waals surface area contributed by atoms with Crippen LogP contribution in [0.2, 0.25) is 0 Å². The summed E-state index contributed by atoms with van der Waals surface area (Å²) >= 11 is 14.4. The second kappa shape index (κ2) is 18.2. The van der Waals surface area contributed by atoms with E-state index in [0.29, 0.717) is 0 Å². The summed E-state index contributed by atoms with van der Waals surface area (Å²) in [4.78, 5) is 0. The highest BCUT2D eigenvalue weighted by Crippen LogP contribution is 2.03. The van der Waals surface area contributed by atoms with E-state index in [1.165, 1.54) is 44.9 Å². The monoisotopic (exact) mass is 290 g/mol. The number of alkyl halides is 3. The SMILES string of the molecule is C1CCOC1.CCCCCCC.ClC(Cl)Cl. The van der Waals surface area contributed by atoms with Crippen LogP contribution < -0.4 is 0 Å². The predicted octanol–water partition coefficient (Wildman–Crippen LogP) is 5.76. The smallest absolute Gasteiger partial charge is 0.180 e. The Balaban J connectivity index is 0. The van der Waals surface area contributed by atoms with Crippen molar-refractivity contribution in [3.05, 3.63) is 0 Å². The van der Waals surface area contributed by atoms with E-state index in [9.17, 15) is 0 Å². The minimum Gasteiger partial charge on any atom is -0.381 e. The Morgan fingerprint density at radius 1 is 0.875 bits per heavy atom. The quantitative estimate of drug-likeness (QED) is 0.472. The highest BCUT2D eigenvalue weighted by Gasteiger charge is 1.94. The molecule has 16 heavy (non-hydrogen) atoms. The van der Waals surface area contributed by atoms with Crippen LogP contribution in [-0.2, 0) is 4.74 Å². The fourth-order valence-electron chi connectivity index (χ4n) is 1.19. The molecule has 0 unspecified atom stereocenters. The number of hydrogen-bond donors (Lipinski definition) is 0. The normalized spacial score (nSPS) is 13.9. The van der Waals surface area contributed by atoms with Gasteiger partial charge in [-0.15, -0.1) is 0 Å². The minimum absolute atomic E-state index is 0.750. The van der Waals surface area contributed by atoms with Crippen LogP contribution >= 0.6 is 34.8 Å². The number of ether oxygens (including phenoxy) is 1. The van der Waals surface area contributed by atoms with E-state index in [0.717, 1.165) is 13.2 Å². The average Bonchev–Trinajstić information content (AvgIpc) is 2.75. The van der Waals surface area contributed by atoms with Crippen LogP contribution in [0.3, 0.4) is 0 Å². The van der Waals surface area contributed by atoms with Crippen LogP contribution in [0, 0.1) is 0 Å². The molecule has 0 aromatic heterocycles. The Hall–Kier alpha value is 0.830. The molecule has 1 saturated heterocycles. The summed E-state index contributed by atoms with van der Waals surface area (Å²) in [5.41, 5.74) is 0. The number of halogens is 3. The first-order chi connectivity index (χ1) is 7.65. The van der Waals surface area contributed by atoms with Crippen LogP contribution in [0.5, 0.6) is 0 Å². The molecule has 1 nitrogen and oxygen atoms in total. The van der Waals surface area contributed by atoms with Gasteiger partial charge in [0.15, 0.2) is 4.30 Å². The van der Waals surface area contributed by atoms with E-state index in [2.05, 4.69) is 13.8 Å². The molecule has 100 valence electrons. The topological polar surface area (TPSA) is 9.23 Å². The van der Waals surface area contributed by atoms with Gasteiger partial charge in [0, 0.05) is 13.2 Å². The Morgan fingerprint density at radius 2 is 1.25 bits per heavy atom. The summed E-state index contributed by atoms with van der Waals surface area (Å²) in [7, 11) is 0. The summed E-state index contributed by atoms with van der Waals surface area (Å²) in [6.45, 7) is 6.49. The van der Waals surface area contributed by atoms with Crippen LogP contribution in [0.15, 0.2) is 0 Å². The van der Waals surface area contributed by atoms with E-state index in [1.54, 1.807) is 0 Å². The molecule has 0 radical (unpaired) electrons. The fraction of sp³-hybridized carbons (Fsp3) is 1.00. The lowest BCUT2D eigenvalue weighted by Gasteiger charge is -1.90. The molecule has 1 heterocycles. The maximum Gasteiger partial charge on any atom is 0.180 e. The maximum atomic E-state index is 4.94. The van der Waals surface area contributed by atoms with E-state index >= 15 is 0 Å². The third-order valence-electron chi connectivity index (χ3n) is 2.03. The first-order valence-electron chi connectivity index (χ1n) is 6.15. The second-order valence-corrected chi connectivity index (χ2v) is 5.61. The van der Waals surface area contributed by atoms with E-state index in [4.69, 9.17) is 39.5 Å². The van der Waals surface area contributed by atoms with Gasteiger partial charge in [-0.3, -0.25) is 0 Å². The van der Waals surface area contributed by atoms with Crippen molar-refractivity contribution in [2.24, 2.45) is 0 Å². The molecule has 0 aromatic rings. The van der Waals surface area contributed by atoms with Gasteiger partial charge < -0.3 is 4.74 Å². The fourth-order valence-corrected chi connectivity index (χ4v) is 1.19. The second-order valence-electron chi connectivity index (χ2n) is 3.63. The molecular weight excluding hydrogens is 266 g/mol. The van der Waals surface area contributed by atoms with Gasteiger partial charge in [0.25, 0.3) is 0 Å². The van der Waals surface area contributed by atoms with E-state index in [1.807, 2.05) is 0 Å². The molecule has 1 aliphatic heterocycles. The molecule has 0 aromatic carbocycles. The number of rotatable bonds is 4. The molecule has 1 aliphatic rings. The van der Waals surface area contributed by atoms with Gasteiger partial charge in [0.1, 0.15) is 0 Å². The lowest BCUT2D eigenvalue weighted by atomic mass is 10.2. The third kappa shape index (κ3) is 29.4. The summed E-state index contributed by atoms with van der Waals surface area (Å²) in [6, 6.07) is 0. The maximum absolute atomic E-state index is 4.94. The van der Waals surface area contributed by atoms with Crippen LogP contribution in [0.1, 0.15) is 58.8 Å². The zero-order valence-corrected chi connectivity index (χ0v) is 12.8. The standard InChI is InChI=1S/C7H16.C4H8O.CHCl3/c1-3-5-7-6-4-2;1-2-4-5-3-1;2-1(3)4/h3-7H2,1-2H3;1-4H2;1H. The van der Waals surface area contributed by atoms with Gasteiger partial charge in [-0.05, 0) is 12.8 Å². The van der Waals surface area contributed by atoms with Crippen molar-refractivity contribution in [3.8, 4) is 0 Å². The summed E-state index contributed by atoms with van der Waals surface area (Å²) in [6.07, 6.45) is 9.56. The molecule has 0 saturated carbocycles. The first-order valence-corrected chi connectivity index (χ1v) is 7.46. The Morgan fingerprint density at radius 3 is 1.44 bits per heavy atom. The van der Waals surface area contributed by atoms with Gasteiger partial charge in [-0.25, -0.2) is 0 Å². The van der Waals surface area contributed by atoms with Gasteiger partial charge in [-0.2, -0.15) is 0 Å². The van der Waals surface area contributed by atoms with Crippen molar-refractivity contribution in [1.82, 2.24) is 0 Å². The van der Waals surface area contributed by atoms with Gasteiger partial charge in [0.2, 0.25) is 0 Å². The van der Waals surface area contributed by atoms with Gasteiger partial charge in [-0.1, -0.05) is 80.8 Å². The lowest BCUT2D eigenvalue weighted by molar-refractivity contribution is 0.198. The van der Waals surface area contributed by atoms with Crippen LogP contribution in [0.4, 0.5) is 0 Å². The van der Waals surface area contributed by atoms with Crippen LogP contribution in [-0.4, -0.2) is 17.5 Å². The highest BCUT2D eigenvalue weighted by atomic mass is 35.6. The molecular formula is C12H25Cl3O. The summed E-state index contributed by atoms with van der Waals surface area (Å²) in [5, 5.41) is 0. The van der Waals surface area contributed by atoms with Gasteiger partial charge >= 0.3 is 0 Å². The lowest BCUT2D eigenvalue weighted by Crippen LogP contribution is -1.74. The molecule has 1 fully saturated rings. The molecule has 1 rings (SSSR count). The van der Waals surface area contributed by atoms with Crippen molar-refractivity contribution in [2.45, 2.75) is 63.1 Å². The molecule has 0 bridgehead atoms. The van der Waals surface area contributed by atoms with Crippen molar-refractivity contribution in [1.29, 1.82) is 0 Å². The molecule has 4 heteroatoms. The number of unbranched alkanes of at least 4 members (excludes halogenated alkanes) is 4. The first kappa shape index (κ1) is 19.2.